The first-order chi connectivity index (χ1) is 13.7. The van der Waals surface area contributed by atoms with Gasteiger partial charge in [0.25, 0.3) is 11.8 Å². The van der Waals surface area contributed by atoms with Crippen LogP contribution in [-0.2, 0) is 17.8 Å². The third kappa shape index (κ3) is 3.76. The van der Waals surface area contributed by atoms with Crippen molar-refractivity contribution >= 4 is 11.8 Å². The van der Waals surface area contributed by atoms with E-state index < -0.39 is 36.7 Å². The number of hydrogen-bond donors (Lipinski definition) is 0. The van der Waals surface area contributed by atoms with Crippen LogP contribution in [0.5, 0.6) is 0 Å². The fourth-order valence-electron chi connectivity index (χ4n) is 4.19. The maximum Gasteiger partial charge on any atom is 0.267 e. The number of hydrogen-bond acceptors (Lipinski definition) is 2. The molecule has 1 saturated heterocycles. The second-order valence-corrected chi connectivity index (χ2v) is 8.09. The Kier molecular flexibility index (Phi) is 4.89. The molecule has 4 nitrogen and oxygen atoms in total. The predicted molar refractivity (Wildman–Crippen MR) is 106 cm³/mol. The Morgan fingerprint density at radius 2 is 1.76 bits per heavy atom. The molecule has 0 aromatic heterocycles. The van der Waals surface area contributed by atoms with Crippen molar-refractivity contribution in [1.82, 2.24) is 9.80 Å². The molecule has 0 saturated carbocycles. The summed E-state index contributed by atoms with van der Waals surface area (Å²) in [7, 11) is 0. The van der Waals surface area contributed by atoms with Crippen LogP contribution in [0.15, 0.2) is 42.5 Å². The van der Waals surface area contributed by atoms with Gasteiger partial charge in [-0.15, -0.1) is 0 Å². The largest absolute Gasteiger partial charge is 0.336 e. The van der Waals surface area contributed by atoms with Crippen molar-refractivity contribution in [3.05, 3.63) is 70.3 Å². The Bertz CT molecular complexity index is 973. The summed E-state index contributed by atoms with van der Waals surface area (Å²) in [5.74, 6) is -3.97. The maximum atomic E-state index is 14.3. The second kappa shape index (κ2) is 7.25. The van der Waals surface area contributed by atoms with Gasteiger partial charge in [0.05, 0.1) is 6.54 Å². The molecule has 2 heterocycles. The predicted octanol–water partition coefficient (Wildman–Crippen LogP) is 3.74. The van der Waals surface area contributed by atoms with Gasteiger partial charge in [-0.1, -0.05) is 30.3 Å². The van der Waals surface area contributed by atoms with Gasteiger partial charge < -0.3 is 9.80 Å². The number of carbonyl (C=O) groups excluding carboxylic acids is 2. The van der Waals surface area contributed by atoms with Crippen molar-refractivity contribution in [2.24, 2.45) is 0 Å². The smallest absolute Gasteiger partial charge is 0.267 e. The molecular formula is C23H24F2N2O2. The molecule has 0 radical (unpaired) electrons. The summed E-state index contributed by atoms with van der Waals surface area (Å²) in [4.78, 5) is 28.8. The van der Waals surface area contributed by atoms with Crippen LogP contribution < -0.4 is 0 Å². The Morgan fingerprint density at radius 3 is 2.48 bits per heavy atom. The molecule has 0 N–H and O–H groups in total. The molecule has 2 aromatic carbocycles. The summed E-state index contributed by atoms with van der Waals surface area (Å²) in [5.41, 5.74) is 4.48. The monoisotopic (exact) mass is 398 g/mol. The van der Waals surface area contributed by atoms with E-state index in [1.807, 2.05) is 38.1 Å². The van der Waals surface area contributed by atoms with E-state index in [1.165, 1.54) is 5.56 Å². The lowest BCUT2D eigenvalue weighted by molar-refractivity contribution is -0.136. The third-order valence-corrected chi connectivity index (χ3v) is 6.01. The number of likely N-dealkylation sites (tertiary alicyclic amines) is 1. The highest BCUT2D eigenvalue weighted by atomic mass is 19.3. The maximum absolute atomic E-state index is 14.3. The Labute approximate surface area is 169 Å². The normalized spacial score (nSPS) is 20.5. The van der Waals surface area contributed by atoms with Gasteiger partial charge in [-0.05, 0) is 54.7 Å². The molecular weight excluding hydrogens is 374 g/mol. The number of halogens is 2. The molecule has 2 aromatic rings. The second-order valence-electron chi connectivity index (χ2n) is 8.09. The minimum absolute atomic E-state index is 0.340. The van der Waals surface area contributed by atoms with Gasteiger partial charge in [0.2, 0.25) is 5.91 Å². The summed E-state index contributed by atoms with van der Waals surface area (Å²) in [6.07, 6.45) is 0.0662. The number of benzene rings is 2. The average molecular weight is 398 g/mol. The molecule has 2 amide bonds. The highest BCUT2D eigenvalue weighted by Gasteiger charge is 2.51. The summed E-state index contributed by atoms with van der Waals surface area (Å²) >= 11 is 0. The van der Waals surface area contributed by atoms with Crippen molar-refractivity contribution in [3.63, 3.8) is 0 Å². The van der Waals surface area contributed by atoms with Gasteiger partial charge in [0.1, 0.15) is 6.04 Å². The quantitative estimate of drug-likeness (QED) is 0.773. The molecule has 1 atom stereocenters. The minimum Gasteiger partial charge on any atom is -0.336 e. The SMILES string of the molecule is Cc1ccc(C(=O)N2CC(F)(F)C[C@H]2C(=O)N2CCc3ccccc3C2)cc1C. The van der Waals surface area contributed by atoms with Crippen LogP contribution in [0.25, 0.3) is 0 Å². The van der Waals surface area contributed by atoms with Gasteiger partial charge in [-0.2, -0.15) is 0 Å². The molecule has 0 bridgehead atoms. The summed E-state index contributed by atoms with van der Waals surface area (Å²) in [6, 6.07) is 11.8. The van der Waals surface area contributed by atoms with E-state index in [-0.39, 0.29) is 0 Å². The van der Waals surface area contributed by atoms with E-state index in [9.17, 15) is 18.4 Å². The first-order valence-corrected chi connectivity index (χ1v) is 9.87. The number of nitrogens with zero attached hydrogens (tertiary/aromatic N) is 2. The number of fused-ring (bicyclic) bond motifs is 1. The van der Waals surface area contributed by atoms with E-state index in [0.29, 0.717) is 25.1 Å². The minimum atomic E-state index is -3.07. The van der Waals surface area contributed by atoms with Gasteiger partial charge in [0, 0.05) is 25.1 Å². The lowest BCUT2D eigenvalue weighted by Gasteiger charge is -2.33. The summed E-state index contributed by atoms with van der Waals surface area (Å²) in [6.45, 7) is 3.94. The number of carbonyl (C=O) groups is 2. The van der Waals surface area contributed by atoms with Crippen LogP contribution in [0, 0.1) is 13.8 Å². The molecule has 6 heteroatoms. The molecule has 2 aliphatic heterocycles. The van der Waals surface area contributed by atoms with Gasteiger partial charge in [0.15, 0.2) is 0 Å². The fourth-order valence-corrected chi connectivity index (χ4v) is 4.19. The van der Waals surface area contributed by atoms with Crippen molar-refractivity contribution in [1.29, 1.82) is 0 Å². The molecule has 0 unspecified atom stereocenters. The van der Waals surface area contributed by atoms with Crippen molar-refractivity contribution in [3.8, 4) is 0 Å². The molecule has 2 aliphatic rings. The third-order valence-electron chi connectivity index (χ3n) is 6.01. The zero-order chi connectivity index (χ0) is 20.8. The van der Waals surface area contributed by atoms with Crippen LogP contribution in [-0.4, -0.2) is 46.7 Å². The van der Waals surface area contributed by atoms with E-state index in [2.05, 4.69) is 0 Å². The van der Waals surface area contributed by atoms with E-state index >= 15 is 0 Å². The standard InChI is InChI=1S/C23H24F2N2O2/c1-15-7-8-18(11-16(15)2)21(28)27-14-23(24,25)12-20(27)22(29)26-10-9-17-5-3-4-6-19(17)13-26/h3-8,11,20H,9-10,12-14H2,1-2H3/t20-/m0/s1. The van der Waals surface area contributed by atoms with Crippen molar-refractivity contribution < 1.29 is 18.4 Å². The number of amides is 2. The first kappa shape index (κ1) is 19.6. The molecule has 29 heavy (non-hydrogen) atoms. The van der Waals surface area contributed by atoms with Crippen LogP contribution in [0.2, 0.25) is 0 Å². The number of aryl methyl sites for hydroxylation is 2. The number of rotatable bonds is 2. The van der Waals surface area contributed by atoms with Gasteiger partial charge in [-0.25, -0.2) is 8.78 Å². The lowest BCUT2D eigenvalue weighted by Crippen LogP contribution is -2.49. The zero-order valence-electron chi connectivity index (χ0n) is 16.6. The van der Waals surface area contributed by atoms with Crippen LogP contribution >= 0.6 is 0 Å². The van der Waals surface area contributed by atoms with Crippen LogP contribution in [0.3, 0.4) is 0 Å². The van der Waals surface area contributed by atoms with Crippen LogP contribution in [0.1, 0.15) is 39.0 Å². The Hall–Kier alpha value is -2.76. The highest BCUT2D eigenvalue weighted by molar-refractivity contribution is 5.98. The van der Waals surface area contributed by atoms with E-state index in [1.54, 1.807) is 23.1 Å². The van der Waals surface area contributed by atoms with E-state index in [0.717, 1.165) is 21.6 Å². The Balaban J connectivity index is 1.58. The molecule has 1 fully saturated rings. The van der Waals surface area contributed by atoms with Crippen LogP contribution in [0.4, 0.5) is 8.78 Å². The molecule has 4 rings (SSSR count). The summed E-state index contributed by atoms with van der Waals surface area (Å²) < 4.78 is 28.5. The molecule has 0 spiro atoms. The molecule has 0 aliphatic carbocycles. The lowest BCUT2D eigenvalue weighted by atomic mass is 9.99. The Morgan fingerprint density at radius 1 is 1.03 bits per heavy atom. The first-order valence-electron chi connectivity index (χ1n) is 9.87. The van der Waals surface area contributed by atoms with Gasteiger partial charge >= 0.3 is 0 Å². The van der Waals surface area contributed by atoms with Crippen molar-refractivity contribution in [2.75, 3.05) is 13.1 Å². The highest BCUT2D eigenvalue weighted by Crippen LogP contribution is 2.35. The zero-order valence-corrected chi connectivity index (χ0v) is 16.6. The van der Waals surface area contributed by atoms with Gasteiger partial charge in [-0.3, -0.25) is 9.59 Å². The fraction of sp³-hybridized carbons (Fsp3) is 0.391. The molecule has 152 valence electrons. The summed E-state index contributed by atoms with van der Waals surface area (Å²) in [5, 5.41) is 0. The number of alkyl halides is 2. The van der Waals surface area contributed by atoms with Crippen molar-refractivity contribution in [2.45, 2.75) is 45.2 Å². The van der Waals surface area contributed by atoms with E-state index in [4.69, 9.17) is 0 Å². The average Bonchev–Trinajstić information content (AvgIpc) is 3.04. The topological polar surface area (TPSA) is 40.6 Å².